The molecule has 0 unspecified atom stereocenters. The molecule has 0 atom stereocenters. The van der Waals surface area contributed by atoms with Crippen LogP contribution in [0.5, 0.6) is 11.5 Å². The number of nitrogens with zero attached hydrogens (tertiary/aromatic N) is 3. The summed E-state index contributed by atoms with van der Waals surface area (Å²) in [7, 11) is -3.53. The van der Waals surface area contributed by atoms with E-state index in [1.807, 2.05) is 48.5 Å². The molecule has 31 heavy (non-hydrogen) atoms. The quantitative estimate of drug-likeness (QED) is 0.517. The van der Waals surface area contributed by atoms with Gasteiger partial charge in [0, 0.05) is 30.7 Å². The first-order valence-corrected chi connectivity index (χ1v) is 12.2. The average molecular weight is 498 g/mol. The molecule has 2 heterocycles. The minimum Gasteiger partial charge on any atom is -0.454 e. The van der Waals surface area contributed by atoms with Gasteiger partial charge in [-0.05, 0) is 48.5 Å². The van der Waals surface area contributed by atoms with Gasteiger partial charge in [0.1, 0.15) is 17.3 Å². The zero-order chi connectivity index (χ0) is 21.4. The lowest BCUT2D eigenvalue weighted by Gasteiger charge is -2.35. The van der Waals surface area contributed by atoms with E-state index in [0.29, 0.717) is 36.8 Å². The normalized spacial score (nSPS) is 16.5. The number of halogens is 1. The van der Waals surface area contributed by atoms with Crippen molar-refractivity contribution in [2.24, 2.45) is 4.99 Å². The topological polar surface area (TPSA) is 62.2 Å². The van der Waals surface area contributed by atoms with E-state index >= 15 is 0 Å². The Hall–Kier alpha value is -2.68. The molecular weight excluding hydrogens is 478 g/mol. The fraction of sp³-hybridized carbons (Fsp3) is 0.174. The maximum absolute atomic E-state index is 13.0. The molecule has 3 aromatic carbocycles. The third kappa shape index (κ3) is 3.86. The number of ether oxygens (including phenoxy) is 1. The predicted octanol–water partition coefficient (Wildman–Crippen LogP) is 4.64. The van der Waals surface area contributed by atoms with Crippen LogP contribution in [0.3, 0.4) is 0 Å². The zero-order valence-electron chi connectivity index (χ0n) is 16.6. The number of fused-ring (bicyclic) bond motifs is 2. The molecule has 2 aliphatic rings. The summed E-state index contributed by atoms with van der Waals surface area (Å²) in [6, 6.07) is 22.3. The molecule has 1 saturated heterocycles. The highest BCUT2D eigenvalue weighted by Gasteiger charge is 2.31. The third-order valence-corrected chi connectivity index (χ3v) is 7.87. The standard InChI is InChI=1S/C23H20BrN3O3S/c24-17-9-11-18(12-10-17)31(28,29)27-15-13-26(14-16-27)23-19-5-1-3-7-21(19)30-22-8-4-2-6-20(22)25-23/h1-12H,13-16H2. The zero-order valence-corrected chi connectivity index (χ0v) is 19.0. The van der Waals surface area contributed by atoms with E-state index in [4.69, 9.17) is 9.73 Å². The summed E-state index contributed by atoms with van der Waals surface area (Å²) >= 11 is 3.35. The van der Waals surface area contributed by atoms with E-state index < -0.39 is 10.0 Å². The van der Waals surface area contributed by atoms with Gasteiger partial charge in [0.25, 0.3) is 0 Å². The van der Waals surface area contributed by atoms with Gasteiger partial charge in [-0.15, -0.1) is 0 Å². The lowest BCUT2D eigenvalue weighted by molar-refractivity contribution is 0.266. The predicted molar refractivity (Wildman–Crippen MR) is 124 cm³/mol. The van der Waals surface area contributed by atoms with Crippen molar-refractivity contribution in [1.29, 1.82) is 0 Å². The number of para-hydroxylation sites is 3. The fourth-order valence-corrected chi connectivity index (χ4v) is 5.49. The molecule has 0 aromatic heterocycles. The van der Waals surface area contributed by atoms with Gasteiger partial charge >= 0.3 is 0 Å². The molecule has 0 N–H and O–H groups in total. The van der Waals surface area contributed by atoms with Crippen molar-refractivity contribution >= 4 is 37.5 Å². The lowest BCUT2D eigenvalue weighted by Crippen LogP contribution is -2.50. The van der Waals surface area contributed by atoms with Crippen LogP contribution in [0.15, 0.2) is 87.2 Å². The van der Waals surface area contributed by atoms with E-state index in [1.54, 1.807) is 28.6 Å². The van der Waals surface area contributed by atoms with Crippen LogP contribution in [0.1, 0.15) is 5.56 Å². The summed E-state index contributed by atoms with van der Waals surface area (Å²) in [5.74, 6) is 2.26. The largest absolute Gasteiger partial charge is 0.454 e. The number of hydrogen-bond donors (Lipinski definition) is 0. The fourth-order valence-electron chi connectivity index (χ4n) is 3.81. The minimum absolute atomic E-state index is 0.309. The second kappa shape index (κ2) is 8.11. The molecule has 0 amide bonds. The first kappa shape index (κ1) is 20.2. The van der Waals surface area contributed by atoms with E-state index in [1.165, 1.54) is 0 Å². The monoisotopic (exact) mass is 497 g/mol. The number of amidine groups is 1. The number of rotatable bonds is 2. The number of piperazine rings is 1. The van der Waals surface area contributed by atoms with Crippen molar-refractivity contribution in [2.45, 2.75) is 4.90 Å². The van der Waals surface area contributed by atoms with Crippen LogP contribution < -0.4 is 4.74 Å². The highest BCUT2D eigenvalue weighted by molar-refractivity contribution is 9.10. The molecule has 0 spiro atoms. The lowest BCUT2D eigenvalue weighted by atomic mass is 10.1. The Bertz CT molecular complexity index is 1250. The average Bonchev–Trinajstić information content (AvgIpc) is 2.96. The third-order valence-electron chi connectivity index (χ3n) is 5.43. The molecular formula is C23H20BrN3O3S. The second-order valence-electron chi connectivity index (χ2n) is 7.35. The first-order valence-electron chi connectivity index (χ1n) is 9.98. The Morgan fingerprint density at radius 1 is 0.806 bits per heavy atom. The van der Waals surface area contributed by atoms with Gasteiger partial charge in [0.05, 0.1) is 10.5 Å². The summed E-state index contributed by atoms with van der Waals surface area (Å²) in [6.45, 7) is 1.88. The molecule has 0 bridgehead atoms. The molecule has 0 aliphatic carbocycles. The Morgan fingerprint density at radius 2 is 1.45 bits per heavy atom. The molecule has 1 fully saturated rings. The molecule has 0 saturated carbocycles. The van der Waals surface area contributed by atoms with Crippen molar-refractivity contribution in [3.8, 4) is 11.5 Å². The number of hydrogen-bond acceptors (Lipinski definition) is 5. The van der Waals surface area contributed by atoms with Crippen molar-refractivity contribution < 1.29 is 13.2 Å². The van der Waals surface area contributed by atoms with Crippen LogP contribution in [0, 0.1) is 0 Å². The Morgan fingerprint density at radius 3 is 2.19 bits per heavy atom. The van der Waals surface area contributed by atoms with E-state index in [0.717, 1.165) is 27.3 Å². The molecule has 2 aliphatic heterocycles. The van der Waals surface area contributed by atoms with Gasteiger partial charge in [-0.3, -0.25) is 0 Å². The molecule has 8 heteroatoms. The highest BCUT2D eigenvalue weighted by Crippen LogP contribution is 2.38. The van der Waals surface area contributed by atoms with E-state index in [2.05, 4.69) is 20.8 Å². The van der Waals surface area contributed by atoms with Crippen LogP contribution in [0.2, 0.25) is 0 Å². The molecule has 6 nitrogen and oxygen atoms in total. The summed E-state index contributed by atoms with van der Waals surface area (Å²) in [6.07, 6.45) is 0. The molecule has 158 valence electrons. The number of benzene rings is 3. The van der Waals surface area contributed by atoms with Crippen molar-refractivity contribution in [3.63, 3.8) is 0 Å². The van der Waals surface area contributed by atoms with E-state index in [-0.39, 0.29) is 0 Å². The maximum Gasteiger partial charge on any atom is 0.243 e. The smallest absolute Gasteiger partial charge is 0.243 e. The number of aliphatic imine (C=N–C) groups is 1. The van der Waals surface area contributed by atoms with Crippen molar-refractivity contribution in [2.75, 3.05) is 26.2 Å². The Kier molecular flexibility index (Phi) is 5.29. The van der Waals surface area contributed by atoms with Crippen LogP contribution in [0.4, 0.5) is 5.69 Å². The Balaban J connectivity index is 1.42. The maximum atomic E-state index is 13.0. The summed E-state index contributed by atoms with van der Waals surface area (Å²) < 4.78 is 34.6. The summed E-state index contributed by atoms with van der Waals surface area (Å²) in [4.78, 5) is 7.35. The van der Waals surface area contributed by atoms with Gasteiger partial charge in [0.15, 0.2) is 5.75 Å². The first-order chi connectivity index (χ1) is 15.0. The van der Waals surface area contributed by atoms with Crippen molar-refractivity contribution in [1.82, 2.24) is 9.21 Å². The summed E-state index contributed by atoms with van der Waals surface area (Å²) in [5.41, 5.74) is 1.67. The van der Waals surface area contributed by atoms with Gasteiger partial charge in [0.2, 0.25) is 10.0 Å². The molecule has 0 radical (unpaired) electrons. The van der Waals surface area contributed by atoms with E-state index in [9.17, 15) is 8.42 Å². The SMILES string of the molecule is O=S(=O)(c1ccc(Br)cc1)N1CCN(C2=Nc3ccccc3Oc3ccccc32)CC1. The van der Waals surface area contributed by atoms with Gasteiger partial charge < -0.3 is 9.64 Å². The van der Waals surface area contributed by atoms with Crippen LogP contribution in [0.25, 0.3) is 0 Å². The van der Waals surface area contributed by atoms with Gasteiger partial charge in [-0.2, -0.15) is 4.31 Å². The highest BCUT2D eigenvalue weighted by atomic mass is 79.9. The second-order valence-corrected chi connectivity index (χ2v) is 10.2. The van der Waals surface area contributed by atoms with Gasteiger partial charge in [-0.1, -0.05) is 40.2 Å². The summed E-state index contributed by atoms with van der Waals surface area (Å²) in [5, 5.41) is 0. The Labute approximate surface area is 190 Å². The molecule has 3 aromatic rings. The molecule has 5 rings (SSSR count). The van der Waals surface area contributed by atoms with Gasteiger partial charge in [-0.25, -0.2) is 13.4 Å². The number of sulfonamides is 1. The van der Waals surface area contributed by atoms with Crippen LogP contribution >= 0.6 is 15.9 Å². The van der Waals surface area contributed by atoms with Crippen molar-refractivity contribution in [3.05, 3.63) is 82.8 Å². The van der Waals surface area contributed by atoms with Crippen LogP contribution in [-0.2, 0) is 10.0 Å². The minimum atomic E-state index is -3.53. The van der Waals surface area contributed by atoms with Crippen LogP contribution in [-0.4, -0.2) is 49.6 Å².